The number of rotatable bonds is 2. The number of pyridine rings is 1. The van der Waals surface area contributed by atoms with Crippen molar-refractivity contribution in [3.05, 3.63) is 38.9 Å². The molecule has 0 unspecified atom stereocenters. The van der Waals surface area contributed by atoms with Gasteiger partial charge in [0, 0.05) is 44.0 Å². The molecule has 2 heterocycles. The molecule has 6 heteroatoms. The maximum atomic E-state index is 14.8. The topological polar surface area (TPSA) is 28.5 Å². The van der Waals surface area contributed by atoms with Gasteiger partial charge in [0.2, 0.25) is 0 Å². The highest BCUT2D eigenvalue weighted by Crippen LogP contribution is 2.42. The lowest BCUT2D eigenvalue weighted by atomic mass is 10.1. The fourth-order valence-corrected chi connectivity index (χ4v) is 3.94. The van der Waals surface area contributed by atoms with E-state index in [0.717, 1.165) is 39.0 Å². The van der Waals surface area contributed by atoms with Crippen molar-refractivity contribution < 1.29 is 4.39 Å². The summed E-state index contributed by atoms with van der Waals surface area (Å²) in [5.41, 5.74) is 1.63. The summed E-state index contributed by atoms with van der Waals surface area (Å²) >= 11 is 6.66. The largest absolute Gasteiger partial charge is 0.365 e. The normalized spacial score (nSPS) is 19.2. The van der Waals surface area contributed by atoms with Crippen LogP contribution in [0.2, 0.25) is 5.02 Å². The molecule has 1 saturated carbocycles. The van der Waals surface area contributed by atoms with Crippen molar-refractivity contribution in [2.45, 2.75) is 25.8 Å². The molecule has 0 radical (unpaired) electrons. The average Bonchev–Trinajstić information content (AvgIpc) is 3.37. The minimum Gasteiger partial charge on any atom is -0.365 e. The lowest BCUT2D eigenvalue weighted by Gasteiger charge is -2.35. The van der Waals surface area contributed by atoms with Crippen LogP contribution in [0.5, 0.6) is 0 Å². The second kappa shape index (κ2) is 5.74. The van der Waals surface area contributed by atoms with Crippen LogP contribution >= 0.6 is 11.6 Å². The Kier molecular flexibility index (Phi) is 3.81. The van der Waals surface area contributed by atoms with Crippen LogP contribution < -0.4 is 10.3 Å². The lowest BCUT2D eigenvalue weighted by Crippen LogP contribution is -2.45. The quantitative estimate of drug-likeness (QED) is 0.833. The van der Waals surface area contributed by atoms with E-state index < -0.39 is 5.82 Å². The molecular formula is C18H21ClFN3O. The first kappa shape index (κ1) is 15.9. The predicted octanol–water partition coefficient (Wildman–Crippen LogP) is 3.19. The van der Waals surface area contributed by atoms with E-state index >= 15 is 0 Å². The predicted molar refractivity (Wildman–Crippen MR) is 95.9 cm³/mol. The second-order valence-electron chi connectivity index (χ2n) is 6.99. The molecule has 1 aromatic heterocycles. The maximum Gasteiger partial charge on any atom is 0.192 e. The highest BCUT2D eigenvalue weighted by molar-refractivity contribution is 6.38. The van der Waals surface area contributed by atoms with Gasteiger partial charge in [0.25, 0.3) is 0 Å². The van der Waals surface area contributed by atoms with Crippen molar-refractivity contribution in [2.24, 2.45) is 0 Å². The zero-order chi connectivity index (χ0) is 17.0. The molecular weight excluding hydrogens is 329 g/mol. The zero-order valence-corrected chi connectivity index (χ0v) is 14.7. The summed E-state index contributed by atoms with van der Waals surface area (Å²) in [6.07, 6.45) is 4.03. The number of hydrogen-bond acceptors (Lipinski definition) is 3. The third-order valence-electron chi connectivity index (χ3n) is 5.12. The molecule has 1 aliphatic carbocycles. The third-order valence-corrected chi connectivity index (χ3v) is 5.48. The minimum atomic E-state index is -0.401. The SMILES string of the molecule is Cc1cn(C2CC2)c2c(Cl)c(N3CCN(C)CC3)c(F)cc2c1=O. The Bertz CT molecular complexity index is 867. The van der Waals surface area contributed by atoms with Crippen LogP contribution in [0.4, 0.5) is 10.1 Å². The Balaban J connectivity index is 1.94. The monoisotopic (exact) mass is 349 g/mol. The highest BCUT2D eigenvalue weighted by atomic mass is 35.5. The van der Waals surface area contributed by atoms with Crippen molar-refractivity contribution in [1.29, 1.82) is 0 Å². The Hall–Kier alpha value is -1.59. The van der Waals surface area contributed by atoms with Crippen molar-refractivity contribution >= 4 is 28.2 Å². The number of aryl methyl sites for hydroxylation is 1. The fourth-order valence-electron chi connectivity index (χ4n) is 3.53. The number of hydrogen-bond donors (Lipinski definition) is 0. The molecule has 2 aromatic rings. The molecule has 1 saturated heterocycles. The van der Waals surface area contributed by atoms with Crippen LogP contribution in [0, 0.1) is 12.7 Å². The van der Waals surface area contributed by atoms with Gasteiger partial charge in [-0.1, -0.05) is 11.6 Å². The molecule has 0 N–H and O–H groups in total. The summed E-state index contributed by atoms with van der Waals surface area (Å²) in [5.74, 6) is -0.401. The second-order valence-corrected chi connectivity index (χ2v) is 7.37. The molecule has 24 heavy (non-hydrogen) atoms. The average molecular weight is 350 g/mol. The van der Waals surface area contributed by atoms with Gasteiger partial charge in [-0.25, -0.2) is 4.39 Å². The number of halogens is 2. The van der Waals surface area contributed by atoms with E-state index in [2.05, 4.69) is 16.5 Å². The molecule has 4 nitrogen and oxygen atoms in total. The van der Waals surface area contributed by atoms with E-state index in [1.54, 1.807) is 6.92 Å². The van der Waals surface area contributed by atoms with E-state index in [4.69, 9.17) is 11.6 Å². The van der Waals surface area contributed by atoms with Gasteiger partial charge < -0.3 is 14.4 Å². The molecule has 0 bridgehead atoms. The smallest absolute Gasteiger partial charge is 0.192 e. The van der Waals surface area contributed by atoms with E-state index in [-0.39, 0.29) is 5.43 Å². The van der Waals surface area contributed by atoms with Gasteiger partial charge in [-0.05, 0) is 32.9 Å². The van der Waals surface area contributed by atoms with Crippen LogP contribution in [-0.4, -0.2) is 42.7 Å². The maximum absolute atomic E-state index is 14.8. The Morgan fingerprint density at radius 3 is 2.50 bits per heavy atom. The summed E-state index contributed by atoms with van der Waals surface area (Å²) in [5, 5.41) is 0.765. The number of fused-ring (bicyclic) bond motifs is 1. The third kappa shape index (κ3) is 2.50. The molecule has 1 aromatic carbocycles. The molecule has 128 valence electrons. The summed E-state index contributed by atoms with van der Waals surface area (Å²) in [6, 6.07) is 1.75. The highest BCUT2D eigenvalue weighted by Gasteiger charge is 2.29. The minimum absolute atomic E-state index is 0.132. The summed E-state index contributed by atoms with van der Waals surface area (Å²) < 4.78 is 16.9. The summed E-state index contributed by atoms with van der Waals surface area (Å²) in [6.45, 7) is 4.99. The standard InChI is InChI=1S/C18H21ClFN3O/c1-11-10-23(12-3-4-12)16-13(18(11)24)9-14(20)17(15(16)19)22-7-5-21(2)6-8-22/h9-10,12H,3-8H2,1-2H3. The lowest BCUT2D eigenvalue weighted by molar-refractivity contribution is 0.312. The van der Waals surface area contributed by atoms with E-state index in [0.29, 0.717) is 33.2 Å². The van der Waals surface area contributed by atoms with E-state index in [1.165, 1.54) is 6.07 Å². The van der Waals surface area contributed by atoms with Gasteiger partial charge in [0.05, 0.1) is 21.6 Å². The molecule has 0 spiro atoms. The van der Waals surface area contributed by atoms with Gasteiger partial charge >= 0.3 is 0 Å². The molecule has 0 atom stereocenters. The van der Waals surface area contributed by atoms with Crippen LogP contribution in [0.15, 0.2) is 17.1 Å². The first-order valence-electron chi connectivity index (χ1n) is 8.44. The number of piperazine rings is 1. The van der Waals surface area contributed by atoms with E-state index in [9.17, 15) is 9.18 Å². The van der Waals surface area contributed by atoms with Crippen LogP contribution in [0.25, 0.3) is 10.9 Å². The molecule has 2 fully saturated rings. The van der Waals surface area contributed by atoms with Gasteiger partial charge in [-0.15, -0.1) is 0 Å². The molecule has 4 rings (SSSR count). The van der Waals surface area contributed by atoms with Crippen LogP contribution in [0.1, 0.15) is 24.4 Å². The van der Waals surface area contributed by atoms with Crippen LogP contribution in [0.3, 0.4) is 0 Å². The Morgan fingerprint density at radius 2 is 1.88 bits per heavy atom. The summed E-state index contributed by atoms with van der Waals surface area (Å²) in [4.78, 5) is 16.7. The first-order chi connectivity index (χ1) is 11.5. The van der Waals surface area contributed by atoms with Gasteiger partial charge in [-0.3, -0.25) is 4.79 Å². The summed E-state index contributed by atoms with van der Waals surface area (Å²) in [7, 11) is 2.06. The van der Waals surface area contributed by atoms with Gasteiger partial charge in [0.15, 0.2) is 5.43 Å². The fraction of sp³-hybridized carbons (Fsp3) is 0.500. The van der Waals surface area contributed by atoms with Crippen molar-refractivity contribution in [3.63, 3.8) is 0 Å². The molecule has 2 aliphatic rings. The number of aromatic nitrogens is 1. The van der Waals surface area contributed by atoms with E-state index in [1.807, 2.05) is 11.1 Å². The first-order valence-corrected chi connectivity index (χ1v) is 8.82. The van der Waals surface area contributed by atoms with Crippen molar-refractivity contribution in [2.75, 3.05) is 38.1 Å². The Morgan fingerprint density at radius 1 is 1.21 bits per heavy atom. The Labute approximate surface area is 145 Å². The number of anilines is 1. The van der Waals surface area contributed by atoms with Crippen molar-refractivity contribution in [3.8, 4) is 0 Å². The molecule has 1 aliphatic heterocycles. The molecule has 0 amide bonds. The van der Waals surface area contributed by atoms with Gasteiger partial charge in [-0.2, -0.15) is 0 Å². The van der Waals surface area contributed by atoms with Crippen LogP contribution in [-0.2, 0) is 0 Å². The number of nitrogens with zero attached hydrogens (tertiary/aromatic N) is 3. The van der Waals surface area contributed by atoms with Crippen molar-refractivity contribution in [1.82, 2.24) is 9.47 Å². The van der Waals surface area contributed by atoms with Gasteiger partial charge in [0.1, 0.15) is 5.82 Å². The number of likely N-dealkylation sites (N-methyl/N-ethyl adjacent to an activating group) is 1. The number of benzene rings is 1. The zero-order valence-electron chi connectivity index (χ0n) is 14.0.